The first-order valence-electron chi connectivity index (χ1n) is 9.72. The second-order valence-corrected chi connectivity index (χ2v) is 6.82. The van der Waals surface area contributed by atoms with E-state index in [9.17, 15) is 33.6 Å². The first-order valence-corrected chi connectivity index (χ1v) is 9.72. The number of rotatable bonds is 7. The molecule has 0 bridgehead atoms. The smallest absolute Gasteiger partial charge is 0.339 e. The highest BCUT2D eigenvalue weighted by atomic mass is 16.6. The van der Waals surface area contributed by atoms with Crippen LogP contribution < -0.4 is 0 Å². The molecule has 0 aromatic heterocycles. The number of hydrogen-bond acceptors (Lipinski definition) is 14. The van der Waals surface area contributed by atoms with Crippen molar-refractivity contribution in [3.8, 4) is 0 Å². The molecule has 0 N–H and O–H groups in total. The molecule has 36 heavy (non-hydrogen) atoms. The standard InChI is InChI=1S/C22H24O14/c1-22(21(29)36-8)13(19(27)34-6)11(17(25)32-4)9(15(23)30-2)10(16(24)31-3)12(18(26)33-5)14(22)20(28)35-7/h1-8H3. The maximum absolute atomic E-state index is 13.2. The summed E-state index contributed by atoms with van der Waals surface area (Å²) in [5.74, 6) is -10.1. The monoisotopic (exact) mass is 512 g/mol. The third-order valence-corrected chi connectivity index (χ3v) is 5.18. The summed E-state index contributed by atoms with van der Waals surface area (Å²) in [4.78, 5) is 91.6. The first-order chi connectivity index (χ1) is 16.9. The quantitative estimate of drug-likeness (QED) is 0.302. The molecule has 14 heteroatoms. The fraction of sp³-hybridized carbons (Fsp3) is 0.409. The van der Waals surface area contributed by atoms with E-state index >= 15 is 0 Å². The highest BCUT2D eigenvalue weighted by molar-refractivity contribution is 6.25. The van der Waals surface area contributed by atoms with Crippen molar-refractivity contribution in [1.29, 1.82) is 0 Å². The molecule has 1 aliphatic rings. The average Bonchev–Trinajstić information content (AvgIpc) is 3.00. The largest absolute Gasteiger partial charge is 0.468 e. The molecule has 0 aromatic carbocycles. The van der Waals surface area contributed by atoms with Crippen molar-refractivity contribution in [3.63, 3.8) is 0 Å². The third kappa shape index (κ3) is 4.69. The summed E-state index contributed by atoms with van der Waals surface area (Å²) < 4.78 is 33.0. The first kappa shape index (κ1) is 29.5. The lowest BCUT2D eigenvalue weighted by Gasteiger charge is -2.30. The van der Waals surface area contributed by atoms with Gasteiger partial charge in [-0.2, -0.15) is 0 Å². The van der Waals surface area contributed by atoms with E-state index in [0.717, 1.165) is 56.7 Å². The van der Waals surface area contributed by atoms with Crippen molar-refractivity contribution in [2.45, 2.75) is 6.92 Å². The van der Waals surface area contributed by atoms with Gasteiger partial charge in [-0.1, -0.05) is 0 Å². The van der Waals surface area contributed by atoms with Crippen LogP contribution in [0.15, 0.2) is 33.4 Å². The van der Waals surface area contributed by atoms with Crippen LogP contribution in [-0.4, -0.2) is 91.6 Å². The molecular weight excluding hydrogens is 488 g/mol. The number of hydrogen-bond donors (Lipinski definition) is 0. The molecule has 0 aliphatic heterocycles. The molecule has 0 fully saturated rings. The Morgan fingerprint density at radius 3 is 0.889 bits per heavy atom. The predicted octanol–water partition coefficient (Wildman–Crippen LogP) is -0.893. The van der Waals surface area contributed by atoms with Gasteiger partial charge in [-0.15, -0.1) is 0 Å². The average molecular weight is 512 g/mol. The summed E-state index contributed by atoms with van der Waals surface area (Å²) >= 11 is 0. The van der Waals surface area contributed by atoms with E-state index in [0.29, 0.717) is 0 Å². The molecule has 0 heterocycles. The van der Waals surface area contributed by atoms with Gasteiger partial charge in [-0.25, -0.2) is 28.8 Å². The molecule has 196 valence electrons. The van der Waals surface area contributed by atoms with Crippen LogP contribution in [0.25, 0.3) is 0 Å². The molecular formula is C22H24O14. The predicted molar refractivity (Wildman–Crippen MR) is 113 cm³/mol. The molecule has 14 nitrogen and oxygen atoms in total. The molecule has 0 saturated carbocycles. The lowest BCUT2D eigenvalue weighted by Crippen LogP contribution is -2.42. The summed E-state index contributed by atoms with van der Waals surface area (Å²) in [7, 11) is 6.00. The minimum absolute atomic E-state index is 0.851. The Bertz CT molecular complexity index is 1040. The third-order valence-electron chi connectivity index (χ3n) is 5.18. The Morgan fingerprint density at radius 2 is 0.667 bits per heavy atom. The van der Waals surface area contributed by atoms with E-state index in [2.05, 4.69) is 9.47 Å². The van der Waals surface area contributed by atoms with E-state index in [-0.39, 0.29) is 0 Å². The van der Waals surface area contributed by atoms with Gasteiger partial charge in [0, 0.05) is 0 Å². The maximum Gasteiger partial charge on any atom is 0.339 e. The Hall–Kier alpha value is -4.49. The number of ether oxygens (including phenoxy) is 7. The van der Waals surface area contributed by atoms with E-state index in [1.807, 2.05) is 0 Å². The Morgan fingerprint density at radius 1 is 0.417 bits per heavy atom. The second-order valence-electron chi connectivity index (χ2n) is 6.82. The number of carbonyl (C=O) groups is 7. The summed E-state index contributed by atoms with van der Waals surface area (Å²) in [5.41, 5.74) is -8.97. The summed E-state index contributed by atoms with van der Waals surface area (Å²) in [6.45, 7) is 0.901. The zero-order chi connectivity index (χ0) is 28.0. The molecule has 0 aromatic rings. The fourth-order valence-corrected chi connectivity index (χ4v) is 3.57. The van der Waals surface area contributed by atoms with Gasteiger partial charge in [0.15, 0.2) is 0 Å². The van der Waals surface area contributed by atoms with Crippen LogP contribution in [0.1, 0.15) is 6.92 Å². The Labute approximate surface area is 204 Å². The van der Waals surface area contributed by atoms with Gasteiger partial charge in [-0.05, 0) is 6.92 Å². The van der Waals surface area contributed by atoms with E-state index in [1.165, 1.54) is 0 Å². The summed E-state index contributed by atoms with van der Waals surface area (Å²) in [6.07, 6.45) is 0. The lowest BCUT2D eigenvalue weighted by atomic mass is 9.71. The van der Waals surface area contributed by atoms with Crippen LogP contribution in [0.4, 0.5) is 0 Å². The van der Waals surface area contributed by atoms with Crippen molar-refractivity contribution >= 4 is 41.8 Å². The molecule has 0 radical (unpaired) electrons. The molecule has 1 rings (SSSR count). The molecule has 0 saturated heterocycles. The number of methoxy groups -OCH3 is 7. The van der Waals surface area contributed by atoms with Gasteiger partial charge < -0.3 is 33.2 Å². The zero-order valence-electron chi connectivity index (χ0n) is 20.7. The molecule has 1 aliphatic carbocycles. The minimum Gasteiger partial charge on any atom is -0.468 e. The second kappa shape index (κ2) is 11.8. The fourth-order valence-electron chi connectivity index (χ4n) is 3.57. The highest BCUT2D eigenvalue weighted by Crippen LogP contribution is 2.48. The summed E-state index contributed by atoms with van der Waals surface area (Å²) in [6, 6.07) is 0. The Kier molecular flexibility index (Phi) is 9.66. The maximum atomic E-state index is 13.2. The van der Waals surface area contributed by atoms with Gasteiger partial charge in [0.2, 0.25) is 0 Å². The zero-order valence-corrected chi connectivity index (χ0v) is 20.7. The van der Waals surface area contributed by atoms with E-state index in [4.69, 9.17) is 23.7 Å². The van der Waals surface area contributed by atoms with Gasteiger partial charge in [0.1, 0.15) is 5.41 Å². The Balaban J connectivity index is 4.96. The van der Waals surface area contributed by atoms with Crippen molar-refractivity contribution in [1.82, 2.24) is 0 Å². The van der Waals surface area contributed by atoms with Crippen LogP contribution >= 0.6 is 0 Å². The molecule has 0 amide bonds. The van der Waals surface area contributed by atoms with Crippen molar-refractivity contribution in [3.05, 3.63) is 33.4 Å². The van der Waals surface area contributed by atoms with E-state index < -0.39 is 80.6 Å². The van der Waals surface area contributed by atoms with Crippen LogP contribution in [0, 0.1) is 5.41 Å². The molecule has 0 unspecified atom stereocenters. The normalized spacial score (nSPS) is 14.8. The van der Waals surface area contributed by atoms with Crippen molar-refractivity contribution in [2.75, 3.05) is 49.8 Å². The summed E-state index contributed by atoms with van der Waals surface area (Å²) in [5, 5.41) is 0. The molecule has 0 spiro atoms. The van der Waals surface area contributed by atoms with Gasteiger partial charge >= 0.3 is 41.8 Å². The topological polar surface area (TPSA) is 184 Å². The van der Waals surface area contributed by atoms with Gasteiger partial charge in [0.05, 0.1) is 83.2 Å². The van der Waals surface area contributed by atoms with E-state index in [1.54, 1.807) is 0 Å². The highest BCUT2D eigenvalue weighted by Gasteiger charge is 2.57. The molecule has 0 atom stereocenters. The van der Waals surface area contributed by atoms with Crippen LogP contribution in [-0.2, 0) is 66.7 Å². The lowest BCUT2D eigenvalue weighted by molar-refractivity contribution is -0.154. The van der Waals surface area contributed by atoms with Crippen LogP contribution in [0.5, 0.6) is 0 Å². The van der Waals surface area contributed by atoms with Crippen LogP contribution in [0.3, 0.4) is 0 Å². The number of esters is 7. The minimum atomic E-state index is -2.73. The van der Waals surface area contributed by atoms with Gasteiger partial charge in [0.25, 0.3) is 0 Å². The number of carbonyl (C=O) groups excluding carboxylic acids is 7. The van der Waals surface area contributed by atoms with Crippen LogP contribution in [0.2, 0.25) is 0 Å². The van der Waals surface area contributed by atoms with Crippen molar-refractivity contribution < 1.29 is 66.7 Å². The SMILES string of the molecule is COC(=O)C1=C(C(=O)OC)C(C(=O)OC)=C(C(=O)OC)C(C)(C(=O)OC)C(C(=O)OC)=C1C(=O)OC. The van der Waals surface area contributed by atoms with Gasteiger partial charge in [-0.3, -0.25) is 4.79 Å². The van der Waals surface area contributed by atoms with Crippen molar-refractivity contribution in [2.24, 2.45) is 5.41 Å².